The third kappa shape index (κ3) is 5.03. The largest absolute Gasteiger partial charge is 0.370 e. The van der Waals surface area contributed by atoms with Crippen LogP contribution in [0.2, 0.25) is 5.02 Å². The van der Waals surface area contributed by atoms with Gasteiger partial charge >= 0.3 is 0 Å². The van der Waals surface area contributed by atoms with Gasteiger partial charge in [0.2, 0.25) is 0 Å². The molecule has 1 saturated heterocycles. The number of nitro benzene ring substituents is 1. The van der Waals surface area contributed by atoms with Crippen LogP contribution in [0.3, 0.4) is 0 Å². The lowest BCUT2D eigenvalue weighted by atomic mass is 10.1. The molecular weight excluding hydrogens is 370 g/mol. The molecule has 3 rings (SSSR count). The zero-order valence-electron chi connectivity index (χ0n) is 14.7. The maximum Gasteiger partial charge on any atom is 0.283 e. The van der Waals surface area contributed by atoms with E-state index >= 15 is 0 Å². The van der Waals surface area contributed by atoms with E-state index in [4.69, 9.17) is 16.3 Å². The number of quaternary nitrogens is 1. The normalized spacial score (nSPS) is 14.7. The molecule has 27 heavy (non-hydrogen) atoms. The highest BCUT2D eigenvalue weighted by molar-refractivity contribution is 6.31. The quantitative estimate of drug-likeness (QED) is 0.579. The highest BCUT2D eigenvalue weighted by Gasteiger charge is 2.21. The van der Waals surface area contributed by atoms with E-state index in [-0.39, 0.29) is 16.3 Å². The number of ether oxygens (including phenoxy) is 1. The smallest absolute Gasteiger partial charge is 0.283 e. The van der Waals surface area contributed by atoms with Crippen molar-refractivity contribution in [2.24, 2.45) is 0 Å². The van der Waals surface area contributed by atoms with Crippen molar-refractivity contribution >= 4 is 23.2 Å². The summed E-state index contributed by atoms with van der Waals surface area (Å²) in [5, 5.41) is 14.2. The second-order valence-corrected chi connectivity index (χ2v) is 6.85. The summed E-state index contributed by atoms with van der Waals surface area (Å²) in [5.74, 6) is -0.494. The lowest BCUT2D eigenvalue weighted by Crippen LogP contribution is -3.12. The second kappa shape index (κ2) is 8.94. The number of hydrogen-bond donors (Lipinski definition) is 2. The average molecular weight is 391 g/mol. The molecule has 1 heterocycles. The Balaban J connectivity index is 1.70. The van der Waals surface area contributed by atoms with E-state index in [9.17, 15) is 14.9 Å². The molecule has 0 aliphatic carbocycles. The second-order valence-electron chi connectivity index (χ2n) is 6.41. The number of halogens is 1. The van der Waals surface area contributed by atoms with Crippen LogP contribution in [0.1, 0.15) is 21.5 Å². The zero-order chi connectivity index (χ0) is 19.2. The molecule has 2 N–H and O–H groups in total. The number of morpholine rings is 1. The van der Waals surface area contributed by atoms with Crippen LogP contribution in [0.25, 0.3) is 0 Å². The predicted octanol–water partition coefficient (Wildman–Crippen LogP) is 1.59. The van der Waals surface area contributed by atoms with Crippen LogP contribution >= 0.6 is 11.6 Å². The van der Waals surface area contributed by atoms with Gasteiger partial charge in [-0.25, -0.2) is 0 Å². The van der Waals surface area contributed by atoms with Gasteiger partial charge < -0.3 is 15.0 Å². The molecule has 0 bridgehead atoms. The van der Waals surface area contributed by atoms with E-state index in [0.29, 0.717) is 6.54 Å². The molecule has 0 atom stereocenters. The maximum absolute atomic E-state index is 12.5. The summed E-state index contributed by atoms with van der Waals surface area (Å²) in [6.07, 6.45) is 0. The third-order valence-electron chi connectivity index (χ3n) is 4.60. The summed E-state index contributed by atoms with van der Waals surface area (Å²) in [6, 6.07) is 11.9. The molecule has 1 aliphatic rings. The van der Waals surface area contributed by atoms with Crippen molar-refractivity contribution in [3.63, 3.8) is 0 Å². The van der Waals surface area contributed by atoms with Crippen molar-refractivity contribution in [2.75, 3.05) is 26.3 Å². The first-order valence-electron chi connectivity index (χ1n) is 8.75. The molecule has 2 aromatic rings. The first kappa shape index (κ1) is 19.3. The van der Waals surface area contributed by atoms with Crippen molar-refractivity contribution in [3.8, 4) is 0 Å². The van der Waals surface area contributed by atoms with Gasteiger partial charge in [0.05, 0.1) is 18.1 Å². The highest BCUT2D eigenvalue weighted by Crippen LogP contribution is 2.23. The van der Waals surface area contributed by atoms with Gasteiger partial charge in [0, 0.05) is 23.2 Å². The van der Waals surface area contributed by atoms with Crippen LogP contribution in [0.5, 0.6) is 0 Å². The Morgan fingerprint density at radius 3 is 2.59 bits per heavy atom. The van der Waals surface area contributed by atoms with E-state index in [2.05, 4.69) is 11.4 Å². The van der Waals surface area contributed by atoms with Crippen molar-refractivity contribution < 1.29 is 19.4 Å². The van der Waals surface area contributed by atoms with E-state index in [1.807, 2.05) is 18.2 Å². The number of hydrogen-bond acceptors (Lipinski definition) is 4. The summed E-state index contributed by atoms with van der Waals surface area (Å²) < 4.78 is 5.39. The summed E-state index contributed by atoms with van der Waals surface area (Å²) in [5.41, 5.74) is 1.86. The SMILES string of the molecule is O=C(NCc1ccccc1C[NH+]1CCOCC1)c1ccc(Cl)cc1[N+](=O)[O-]. The fourth-order valence-corrected chi connectivity index (χ4v) is 3.29. The summed E-state index contributed by atoms with van der Waals surface area (Å²) in [7, 11) is 0. The zero-order valence-corrected chi connectivity index (χ0v) is 15.5. The molecular formula is C19H21ClN3O4+. The van der Waals surface area contributed by atoms with Crippen LogP contribution < -0.4 is 10.2 Å². The minimum absolute atomic E-state index is 0.000635. The van der Waals surface area contributed by atoms with E-state index < -0.39 is 10.8 Å². The van der Waals surface area contributed by atoms with Crippen LogP contribution in [0, 0.1) is 10.1 Å². The Labute approximate surface area is 162 Å². The topological polar surface area (TPSA) is 85.9 Å². The molecule has 1 aliphatic heterocycles. The fourth-order valence-electron chi connectivity index (χ4n) is 3.13. The Bertz CT molecular complexity index is 837. The maximum atomic E-state index is 12.5. The predicted molar refractivity (Wildman–Crippen MR) is 101 cm³/mol. The fraction of sp³-hybridized carbons (Fsp3) is 0.316. The number of nitrogens with one attached hydrogen (secondary N) is 2. The van der Waals surface area contributed by atoms with Crippen LogP contribution in [0.15, 0.2) is 42.5 Å². The molecule has 0 saturated carbocycles. The Hall–Kier alpha value is -2.48. The number of nitrogens with zero attached hydrogens (tertiary/aromatic N) is 1. The van der Waals surface area contributed by atoms with Gasteiger partial charge in [0.1, 0.15) is 25.2 Å². The molecule has 7 nitrogen and oxygen atoms in total. The van der Waals surface area contributed by atoms with Gasteiger partial charge in [-0.05, 0) is 17.7 Å². The van der Waals surface area contributed by atoms with Crippen molar-refractivity contribution in [2.45, 2.75) is 13.1 Å². The minimum atomic E-state index is -0.601. The van der Waals surface area contributed by atoms with Gasteiger partial charge in [-0.2, -0.15) is 0 Å². The first-order chi connectivity index (χ1) is 13.0. The van der Waals surface area contributed by atoms with Crippen molar-refractivity contribution in [3.05, 3.63) is 74.3 Å². The van der Waals surface area contributed by atoms with E-state index in [0.717, 1.165) is 44.0 Å². The molecule has 0 aromatic heterocycles. The Morgan fingerprint density at radius 1 is 1.19 bits per heavy atom. The average Bonchev–Trinajstić information content (AvgIpc) is 2.67. The summed E-state index contributed by atoms with van der Waals surface area (Å²) in [4.78, 5) is 24.5. The molecule has 8 heteroatoms. The summed E-state index contributed by atoms with van der Waals surface area (Å²) >= 11 is 5.80. The molecule has 142 valence electrons. The van der Waals surface area contributed by atoms with Gasteiger partial charge in [-0.15, -0.1) is 0 Å². The molecule has 0 radical (unpaired) electrons. The molecule has 0 spiro atoms. The number of benzene rings is 2. The Morgan fingerprint density at radius 2 is 1.89 bits per heavy atom. The third-order valence-corrected chi connectivity index (χ3v) is 4.83. The van der Waals surface area contributed by atoms with Crippen LogP contribution in [-0.2, 0) is 17.8 Å². The molecule has 1 amide bonds. The van der Waals surface area contributed by atoms with Gasteiger partial charge in [0.15, 0.2) is 0 Å². The number of amides is 1. The number of carbonyl (C=O) groups is 1. The highest BCUT2D eigenvalue weighted by atomic mass is 35.5. The molecule has 1 fully saturated rings. The summed E-state index contributed by atoms with van der Waals surface area (Å²) in [6.45, 7) is 4.59. The molecule has 0 unspecified atom stereocenters. The van der Waals surface area contributed by atoms with Crippen LogP contribution in [0.4, 0.5) is 5.69 Å². The van der Waals surface area contributed by atoms with E-state index in [1.165, 1.54) is 23.1 Å². The number of rotatable bonds is 6. The van der Waals surface area contributed by atoms with Gasteiger partial charge in [0.25, 0.3) is 11.6 Å². The number of carbonyl (C=O) groups excluding carboxylic acids is 1. The lowest BCUT2D eigenvalue weighted by molar-refractivity contribution is -0.921. The Kier molecular flexibility index (Phi) is 6.39. The minimum Gasteiger partial charge on any atom is -0.370 e. The monoisotopic (exact) mass is 390 g/mol. The van der Waals surface area contributed by atoms with Gasteiger partial charge in [-0.1, -0.05) is 35.9 Å². The lowest BCUT2D eigenvalue weighted by Gasteiger charge is -2.24. The van der Waals surface area contributed by atoms with Crippen molar-refractivity contribution in [1.82, 2.24) is 5.32 Å². The number of nitro groups is 1. The molecule has 2 aromatic carbocycles. The van der Waals surface area contributed by atoms with Gasteiger partial charge in [-0.3, -0.25) is 14.9 Å². The van der Waals surface area contributed by atoms with Crippen molar-refractivity contribution in [1.29, 1.82) is 0 Å². The standard InChI is InChI=1S/C19H20ClN3O4/c20-16-5-6-17(18(11-16)23(25)26)19(24)21-12-14-3-1-2-4-15(14)13-22-7-9-27-10-8-22/h1-6,11H,7-10,12-13H2,(H,21,24)/p+1. The van der Waals surface area contributed by atoms with Crippen LogP contribution in [-0.4, -0.2) is 37.1 Å². The first-order valence-corrected chi connectivity index (χ1v) is 9.12. The van der Waals surface area contributed by atoms with E-state index in [1.54, 1.807) is 0 Å².